The van der Waals surface area contributed by atoms with E-state index in [0.717, 1.165) is 43.9 Å². The Morgan fingerprint density at radius 3 is 3.13 bits per heavy atom. The van der Waals surface area contributed by atoms with Crippen LogP contribution in [0.2, 0.25) is 0 Å². The first-order valence-corrected chi connectivity index (χ1v) is 8.86. The summed E-state index contributed by atoms with van der Waals surface area (Å²) < 4.78 is 5.03. The Morgan fingerprint density at radius 1 is 1.57 bits per heavy atom. The molecule has 0 N–H and O–H groups in total. The molecule has 6 heteroatoms. The van der Waals surface area contributed by atoms with Crippen LogP contribution in [0.15, 0.2) is 28.5 Å². The Balaban J connectivity index is 1.46. The third-order valence-corrected chi connectivity index (χ3v) is 5.32. The molecule has 3 rings (SSSR count). The molecule has 3 heterocycles. The van der Waals surface area contributed by atoms with Gasteiger partial charge in [0.1, 0.15) is 0 Å². The molecule has 0 spiro atoms. The third-order valence-electron chi connectivity index (χ3n) is 4.40. The number of nitrogens with zero attached hydrogens (tertiary/aromatic N) is 3. The summed E-state index contributed by atoms with van der Waals surface area (Å²) in [7, 11) is 2.15. The normalized spacial score (nSPS) is 18.0. The van der Waals surface area contributed by atoms with E-state index in [2.05, 4.69) is 23.9 Å². The van der Waals surface area contributed by atoms with Gasteiger partial charge in [0, 0.05) is 31.1 Å². The number of carbonyl (C=O) groups is 1. The number of aromatic nitrogens is 1. The molecule has 23 heavy (non-hydrogen) atoms. The average Bonchev–Trinajstić information content (AvgIpc) is 3.23. The zero-order valence-electron chi connectivity index (χ0n) is 13.7. The van der Waals surface area contributed by atoms with Crippen molar-refractivity contribution in [1.82, 2.24) is 14.8 Å². The van der Waals surface area contributed by atoms with Crippen molar-refractivity contribution in [3.8, 4) is 0 Å². The number of furan rings is 1. The SMILES string of the molecule is Cc1ncsc1CN(C)CC1CCN(C(=O)Cc2ccoc2)C1. The fourth-order valence-corrected chi connectivity index (χ4v) is 3.97. The van der Waals surface area contributed by atoms with Crippen molar-refractivity contribution >= 4 is 17.2 Å². The lowest BCUT2D eigenvalue weighted by atomic mass is 10.1. The maximum absolute atomic E-state index is 12.3. The molecular formula is C17H23N3O2S. The Bertz CT molecular complexity index is 638. The Kier molecular flexibility index (Phi) is 5.13. The van der Waals surface area contributed by atoms with Gasteiger partial charge in [-0.1, -0.05) is 0 Å². The monoisotopic (exact) mass is 333 g/mol. The molecule has 2 aromatic heterocycles. The minimum absolute atomic E-state index is 0.204. The quantitative estimate of drug-likeness (QED) is 0.815. The van der Waals surface area contributed by atoms with E-state index in [1.54, 1.807) is 23.9 Å². The van der Waals surface area contributed by atoms with Crippen LogP contribution in [0.25, 0.3) is 0 Å². The van der Waals surface area contributed by atoms with E-state index in [0.29, 0.717) is 12.3 Å². The summed E-state index contributed by atoms with van der Waals surface area (Å²) in [5.41, 5.74) is 3.99. The molecule has 1 saturated heterocycles. The first-order valence-electron chi connectivity index (χ1n) is 7.98. The predicted octanol–water partition coefficient (Wildman–Crippen LogP) is 2.57. The van der Waals surface area contributed by atoms with E-state index in [4.69, 9.17) is 4.42 Å². The van der Waals surface area contributed by atoms with Gasteiger partial charge < -0.3 is 14.2 Å². The second-order valence-corrected chi connectivity index (χ2v) is 7.30. The highest BCUT2D eigenvalue weighted by Crippen LogP contribution is 2.20. The number of likely N-dealkylation sites (tertiary alicyclic amines) is 1. The van der Waals surface area contributed by atoms with Crippen molar-refractivity contribution < 1.29 is 9.21 Å². The molecule has 5 nitrogen and oxygen atoms in total. The summed E-state index contributed by atoms with van der Waals surface area (Å²) in [4.78, 5) is 22.3. The van der Waals surface area contributed by atoms with Crippen molar-refractivity contribution in [3.63, 3.8) is 0 Å². The summed E-state index contributed by atoms with van der Waals surface area (Å²) in [5.74, 6) is 0.761. The van der Waals surface area contributed by atoms with Crippen LogP contribution in [0, 0.1) is 12.8 Å². The lowest BCUT2D eigenvalue weighted by molar-refractivity contribution is -0.129. The highest BCUT2D eigenvalue weighted by atomic mass is 32.1. The van der Waals surface area contributed by atoms with Gasteiger partial charge in [0.25, 0.3) is 0 Å². The maximum Gasteiger partial charge on any atom is 0.227 e. The van der Waals surface area contributed by atoms with Crippen LogP contribution in [0.1, 0.15) is 22.6 Å². The molecular weight excluding hydrogens is 310 g/mol. The lowest BCUT2D eigenvalue weighted by Gasteiger charge is -2.21. The number of aryl methyl sites for hydroxylation is 1. The number of amides is 1. The Labute approximate surface area is 140 Å². The van der Waals surface area contributed by atoms with Gasteiger partial charge in [-0.2, -0.15) is 0 Å². The summed E-state index contributed by atoms with van der Waals surface area (Å²) in [6.45, 7) is 5.76. The minimum atomic E-state index is 0.204. The summed E-state index contributed by atoms with van der Waals surface area (Å²) >= 11 is 1.72. The van der Waals surface area contributed by atoms with Gasteiger partial charge in [0.05, 0.1) is 30.2 Å². The molecule has 2 aromatic rings. The van der Waals surface area contributed by atoms with Crippen LogP contribution in [0.3, 0.4) is 0 Å². The van der Waals surface area contributed by atoms with Gasteiger partial charge in [0.2, 0.25) is 5.91 Å². The molecule has 1 unspecified atom stereocenters. The maximum atomic E-state index is 12.3. The first kappa shape index (κ1) is 16.2. The molecule has 1 atom stereocenters. The second kappa shape index (κ2) is 7.27. The number of hydrogen-bond acceptors (Lipinski definition) is 5. The van der Waals surface area contributed by atoms with Crippen LogP contribution in [0.5, 0.6) is 0 Å². The molecule has 124 valence electrons. The molecule has 0 aromatic carbocycles. The van der Waals surface area contributed by atoms with E-state index >= 15 is 0 Å². The standard InChI is InChI=1S/C17H23N3O2S/c1-13-16(23-12-18-13)10-19(2)8-15-3-5-20(9-15)17(21)7-14-4-6-22-11-14/h4,6,11-12,15H,3,5,7-10H2,1-2H3. The molecule has 1 aliphatic heterocycles. The third kappa shape index (κ3) is 4.20. The van der Waals surface area contributed by atoms with Crippen LogP contribution in [-0.4, -0.2) is 47.4 Å². The minimum Gasteiger partial charge on any atom is -0.472 e. The van der Waals surface area contributed by atoms with Gasteiger partial charge in [-0.25, -0.2) is 4.98 Å². The van der Waals surface area contributed by atoms with Crippen molar-refractivity contribution in [2.24, 2.45) is 5.92 Å². The summed E-state index contributed by atoms with van der Waals surface area (Å²) in [5, 5.41) is 0. The fourth-order valence-electron chi connectivity index (χ4n) is 3.12. The van der Waals surface area contributed by atoms with E-state index in [9.17, 15) is 4.79 Å². The number of thiazole rings is 1. The Morgan fingerprint density at radius 2 is 2.43 bits per heavy atom. The Hall–Kier alpha value is -1.66. The van der Waals surface area contributed by atoms with Crippen molar-refractivity contribution in [1.29, 1.82) is 0 Å². The van der Waals surface area contributed by atoms with Crippen LogP contribution in [0.4, 0.5) is 0 Å². The van der Waals surface area contributed by atoms with Crippen LogP contribution < -0.4 is 0 Å². The predicted molar refractivity (Wildman–Crippen MR) is 90.3 cm³/mol. The molecule has 0 bridgehead atoms. The largest absolute Gasteiger partial charge is 0.472 e. The second-order valence-electron chi connectivity index (χ2n) is 6.36. The lowest BCUT2D eigenvalue weighted by Crippen LogP contribution is -2.32. The zero-order valence-corrected chi connectivity index (χ0v) is 14.5. The van der Waals surface area contributed by atoms with Crippen molar-refractivity contribution in [3.05, 3.63) is 40.2 Å². The highest BCUT2D eigenvalue weighted by molar-refractivity contribution is 7.09. The molecule has 1 amide bonds. The number of carbonyl (C=O) groups excluding carboxylic acids is 1. The number of hydrogen-bond donors (Lipinski definition) is 0. The van der Waals surface area contributed by atoms with Gasteiger partial charge >= 0.3 is 0 Å². The van der Waals surface area contributed by atoms with Crippen LogP contribution in [-0.2, 0) is 17.8 Å². The van der Waals surface area contributed by atoms with Gasteiger partial charge in [-0.3, -0.25) is 4.79 Å². The summed E-state index contributed by atoms with van der Waals surface area (Å²) in [6, 6.07) is 1.86. The topological polar surface area (TPSA) is 49.6 Å². The zero-order chi connectivity index (χ0) is 16.2. The van der Waals surface area contributed by atoms with E-state index in [1.807, 2.05) is 16.5 Å². The molecule has 0 aliphatic carbocycles. The summed E-state index contributed by atoms with van der Waals surface area (Å²) in [6.07, 6.45) is 4.80. The van der Waals surface area contributed by atoms with E-state index < -0.39 is 0 Å². The van der Waals surface area contributed by atoms with Crippen LogP contribution >= 0.6 is 11.3 Å². The van der Waals surface area contributed by atoms with E-state index in [-0.39, 0.29) is 5.91 Å². The fraction of sp³-hybridized carbons (Fsp3) is 0.529. The van der Waals surface area contributed by atoms with Gasteiger partial charge in [-0.15, -0.1) is 11.3 Å². The highest BCUT2D eigenvalue weighted by Gasteiger charge is 2.27. The van der Waals surface area contributed by atoms with Crippen molar-refractivity contribution in [2.45, 2.75) is 26.3 Å². The average molecular weight is 333 g/mol. The molecule has 0 radical (unpaired) electrons. The molecule has 1 fully saturated rings. The first-order chi connectivity index (χ1) is 11.1. The molecule has 1 aliphatic rings. The van der Waals surface area contributed by atoms with E-state index in [1.165, 1.54) is 4.88 Å². The van der Waals surface area contributed by atoms with Gasteiger partial charge in [-0.05, 0) is 37.9 Å². The molecule has 0 saturated carbocycles. The smallest absolute Gasteiger partial charge is 0.227 e. The van der Waals surface area contributed by atoms with Crippen molar-refractivity contribution in [2.75, 3.05) is 26.7 Å². The van der Waals surface area contributed by atoms with Gasteiger partial charge in [0.15, 0.2) is 0 Å². The number of rotatable bonds is 6.